The standard InChI is InChI=1S/C14H20N4OS/c1-10(19)8-17-3-5-18(6-4-17)13-12-7-11(2)20-14(12)16-9-15-13/h7,9-10,19H,3-6,8H2,1-2H3/t10-/m1/s1. The van der Waals surface area contributed by atoms with Gasteiger partial charge < -0.3 is 10.0 Å². The summed E-state index contributed by atoms with van der Waals surface area (Å²) in [5, 5.41) is 10.6. The lowest BCUT2D eigenvalue weighted by molar-refractivity contribution is 0.122. The van der Waals surface area contributed by atoms with Crippen molar-refractivity contribution < 1.29 is 5.11 Å². The smallest absolute Gasteiger partial charge is 0.140 e. The Kier molecular flexibility index (Phi) is 3.87. The first-order valence-electron chi connectivity index (χ1n) is 7.00. The maximum atomic E-state index is 9.46. The summed E-state index contributed by atoms with van der Waals surface area (Å²) in [5.41, 5.74) is 0. The Balaban J connectivity index is 1.76. The number of hydrogen-bond acceptors (Lipinski definition) is 6. The molecule has 108 valence electrons. The van der Waals surface area contributed by atoms with Crippen molar-refractivity contribution in [3.05, 3.63) is 17.3 Å². The van der Waals surface area contributed by atoms with Gasteiger partial charge in [-0.2, -0.15) is 0 Å². The van der Waals surface area contributed by atoms with Crippen LogP contribution in [-0.4, -0.2) is 58.8 Å². The van der Waals surface area contributed by atoms with Crippen molar-refractivity contribution in [2.75, 3.05) is 37.6 Å². The van der Waals surface area contributed by atoms with Gasteiger partial charge in [0.2, 0.25) is 0 Å². The molecule has 0 bridgehead atoms. The topological polar surface area (TPSA) is 52.5 Å². The maximum absolute atomic E-state index is 9.46. The van der Waals surface area contributed by atoms with E-state index >= 15 is 0 Å². The molecule has 1 N–H and O–H groups in total. The summed E-state index contributed by atoms with van der Waals surface area (Å²) in [5.74, 6) is 1.05. The van der Waals surface area contributed by atoms with E-state index in [1.807, 2.05) is 6.92 Å². The molecular weight excluding hydrogens is 272 g/mol. The molecule has 5 nitrogen and oxygen atoms in total. The molecule has 0 aromatic carbocycles. The summed E-state index contributed by atoms with van der Waals surface area (Å²) in [6, 6.07) is 2.18. The minimum Gasteiger partial charge on any atom is -0.392 e. The summed E-state index contributed by atoms with van der Waals surface area (Å²) in [7, 11) is 0. The van der Waals surface area contributed by atoms with Gasteiger partial charge in [0.15, 0.2) is 0 Å². The van der Waals surface area contributed by atoms with E-state index in [4.69, 9.17) is 0 Å². The van der Waals surface area contributed by atoms with E-state index in [0.717, 1.165) is 43.4 Å². The molecule has 1 saturated heterocycles. The lowest BCUT2D eigenvalue weighted by atomic mass is 10.2. The van der Waals surface area contributed by atoms with Crippen LogP contribution in [0.4, 0.5) is 5.82 Å². The third-order valence-corrected chi connectivity index (χ3v) is 4.58. The van der Waals surface area contributed by atoms with E-state index < -0.39 is 0 Å². The lowest BCUT2D eigenvalue weighted by Gasteiger charge is -2.36. The van der Waals surface area contributed by atoms with Crippen molar-refractivity contribution in [2.24, 2.45) is 0 Å². The van der Waals surface area contributed by atoms with E-state index in [-0.39, 0.29) is 6.10 Å². The van der Waals surface area contributed by atoms with Crippen molar-refractivity contribution in [1.82, 2.24) is 14.9 Å². The van der Waals surface area contributed by atoms with Gasteiger partial charge in [-0.1, -0.05) is 0 Å². The van der Waals surface area contributed by atoms with E-state index in [1.54, 1.807) is 17.7 Å². The Morgan fingerprint density at radius 1 is 1.30 bits per heavy atom. The molecular formula is C14H20N4OS. The van der Waals surface area contributed by atoms with E-state index in [9.17, 15) is 5.11 Å². The number of aryl methyl sites for hydroxylation is 1. The molecule has 1 fully saturated rings. The third kappa shape index (κ3) is 2.77. The van der Waals surface area contributed by atoms with Crippen LogP contribution >= 0.6 is 11.3 Å². The molecule has 1 aliphatic heterocycles. The normalized spacial score (nSPS) is 18.6. The van der Waals surface area contributed by atoms with Gasteiger partial charge in [0.25, 0.3) is 0 Å². The van der Waals surface area contributed by atoms with E-state index in [2.05, 4.69) is 32.8 Å². The molecule has 3 rings (SSSR count). The first kappa shape index (κ1) is 13.7. The Labute approximate surface area is 122 Å². The highest BCUT2D eigenvalue weighted by Crippen LogP contribution is 2.30. The summed E-state index contributed by atoms with van der Waals surface area (Å²) in [6.07, 6.45) is 1.40. The molecule has 2 aromatic heterocycles. The van der Waals surface area contributed by atoms with Crippen LogP contribution in [0.2, 0.25) is 0 Å². The fourth-order valence-electron chi connectivity index (χ4n) is 2.73. The number of fused-ring (bicyclic) bond motifs is 1. The second-order valence-corrected chi connectivity index (χ2v) is 6.64. The molecule has 0 unspecified atom stereocenters. The van der Waals surface area contributed by atoms with Gasteiger partial charge in [-0.3, -0.25) is 4.90 Å². The highest BCUT2D eigenvalue weighted by atomic mass is 32.1. The largest absolute Gasteiger partial charge is 0.392 e. The second-order valence-electron chi connectivity index (χ2n) is 5.41. The Morgan fingerprint density at radius 2 is 2.05 bits per heavy atom. The molecule has 0 aliphatic carbocycles. The molecule has 3 heterocycles. The Morgan fingerprint density at radius 3 is 2.75 bits per heavy atom. The van der Waals surface area contributed by atoms with Gasteiger partial charge in [-0.25, -0.2) is 9.97 Å². The van der Waals surface area contributed by atoms with E-state index in [1.165, 1.54) is 10.3 Å². The molecule has 1 aliphatic rings. The number of anilines is 1. The van der Waals surface area contributed by atoms with Crippen LogP contribution in [0.5, 0.6) is 0 Å². The number of rotatable bonds is 3. The van der Waals surface area contributed by atoms with Gasteiger partial charge in [0.05, 0.1) is 11.5 Å². The number of hydrogen-bond donors (Lipinski definition) is 1. The molecule has 0 saturated carbocycles. The molecule has 0 radical (unpaired) electrons. The minimum absolute atomic E-state index is 0.258. The molecule has 0 spiro atoms. The molecule has 2 aromatic rings. The quantitative estimate of drug-likeness (QED) is 0.929. The molecule has 1 atom stereocenters. The predicted octanol–water partition coefficient (Wildman–Crippen LogP) is 1.50. The van der Waals surface area contributed by atoms with Crippen molar-refractivity contribution in [2.45, 2.75) is 20.0 Å². The van der Waals surface area contributed by atoms with Crippen LogP contribution in [0, 0.1) is 6.92 Å². The van der Waals surface area contributed by atoms with Crippen molar-refractivity contribution in [3.8, 4) is 0 Å². The van der Waals surface area contributed by atoms with Crippen LogP contribution < -0.4 is 4.90 Å². The number of thiophene rings is 1. The predicted molar refractivity (Wildman–Crippen MR) is 82.5 cm³/mol. The monoisotopic (exact) mass is 292 g/mol. The van der Waals surface area contributed by atoms with Crippen molar-refractivity contribution >= 4 is 27.4 Å². The van der Waals surface area contributed by atoms with Gasteiger partial charge in [0, 0.05) is 37.6 Å². The third-order valence-electron chi connectivity index (χ3n) is 3.63. The number of aliphatic hydroxyl groups excluding tert-OH is 1. The first-order chi connectivity index (χ1) is 9.63. The van der Waals surface area contributed by atoms with Crippen LogP contribution in [0.15, 0.2) is 12.4 Å². The summed E-state index contributed by atoms with van der Waals surface area (Å²) in [4.78, 5) is 15.8. The zero-order chi connectivity index (χ0) is 14.1. The zero-order valence-corrected chi connectivity index (χ0v) is 12.7. The second kappa shape index (κ2) is 5.63. The van der Waals surface area contributed by atoms with Crippen LogP contribution in [0.25, 0.3) is 10.2 Å². The van der Waals surface area contributed by atoms with Gasteiger partial charge in [-0.15, -0.1) is 11.3 Å². The van der Waals surface area contributed by atoms with Crippen LogP contribution in [-0.2, 0) is 0 Å². The Bertz CT molecular complexity index is 590. The average molecular weight is 292 g/mol. The number of aliphatic hydroxyl groups is 1. The van der Waals surface area contributed by atoms with Crippen molar-refractivity contribution in [1.29, 1.82) is 0 Å². The number of β-amino-alcohol motifs (C(OH)–C–C–N with tert-alkyl or cyclic N) is 1. The van der Waals surface area contributed by atoms with Crippen molar-refractivity contribution in [3.63, 3.8) is 0 Å². The number of aromatic nitrogens is 2. The number of piperazine rings is 1. The highest BCUT2D eigenvalue weighted by molar-refractivity contribution is 7.18. The van der Waals surface area contributed by atoms with Gasteiger partial charge in [0.1, 0.15) is 17.0 Å². The highest BCUT2D eigenvalue weighted by Gasteiger charge is 2.21. The zero-order valence-electron chi connectivity index (χ0n) is 11.9. The molecule has 6 heteroatoms. The van der Waals surface area contributed by atoms with Gasteiger partial charge in [-0.05, 0) is 19.9 Å². The summed E-state index contributed by atoms with van der Waals surface area (Å²) < 4.78 is 0. The number of nitrogens with zero attached hydrogens (tertiary/aromatic N) is 4. The Hall–Kier alpha value is -1.24. The molecule has 20 heavy (non-hydrogen) atoms. The fourth-order valence-corrected chi connectivity index (χ4v) is 3.57. The molecule has 0 amide bonds. The fraction of sp³-hybridized carbons (Fsp3) is 0.571. The summed E-state index contributed by atoms with van der Waals surface area (Å²) >= 11 is 1.72. The van der Waals surface area contributed by atoms with Crippen LogP contribution in [0.1, 0.15) is 11.8 Å². The first-order valence-corrected chi connectivity index (χ1v) is 7.81. The lowest BCUT2D eigenvalue weighted by Crippen LogP contribution is -2.48. The maximum Gasteiger partial charge on any atom is 0.140 e. The van der Waals surface area contributed by atoms with E-state index in [0.29, 0.717) is 0 Å². The average Bonchev–Trinajstić information content (AvgIpc) is 2.79. The van der Waals surface area contributed by atoms with Gasteiger partial charge >= 0.3 is 0 Å². The SMILES string of the molecule is Cc1cc2c(N3CCN(C[C@@H](C)O)CC3)ncnc2s1. The minimum atomic E-state index is -0.258. The van der Waals surface area contributed by atoms with Crippen LogP contribution in [0.3, 0.4) is 0 Å². The summed E-state index contributed by atoms with van der Waals surface area (Å²) in [6.45, 7) is 8.55.